The van der Waals surface area contributed by atoms with Crippen LogP contribution in [0.5, 0.6) is 5.75 Å². The SMILES string of the molecule is COc1ccc2c(c1)CCC(c1ccc(F)cc1)C2c1ccc(C=CC(=O)O)cc1. The van der Waals surface area contributed by atoms with Gasteiger partial charge in [0.25, 0.3) is 0 Å². The third kappa shape index (κ3) is 4.13. The maximum Gasteiger partial charge on any atom is 0.328 e. The van der Waals surface area contributed by atoms with Crippen molar-refractivity contribution in [2.24, 2.45) is 0 Å². The van der Waals surface area contributed by atoms with Gasteiger partial charge in [-0.1, -0.05) is 42.5 Å². The van der Waals surface area contributed by atoms with Crippen molar-refractivity contribution in [1.29, 1.82) is 0 Å². The summed E-state index contributed by atoms with van der Waals surface area (Å²) in [5.41, 5.74) is 5.64. The van der Waals surface area contributed by atoms with Gasteiger partial charge in [-0.05, 0) is 76.9 Å². The fraction of sp³-hybridized carbons (Fsp3) is 0.192. The van der Waals surface area contributed by atoms with E-state index in [0.717, 1.165) is 41.4 Å². The molecule has 2 unspecified atom stereocenters. The van der Waals surface area contributed by atoms with E-state index in [1.54, 1.807) is 13.2 Å². The molecule has 1 aliphatic carbocycles. The van der Waals surface area contributed by atoms with Crippen LogP contribution in [0.3, 0.4) is 0 Å². The summed E-state index contributed by atoms with van der Waals surface area (Å²) < 4.78 is 18.9. The fourth-order valence-corrected chi connectivity index (χ4v) is 4.39. The summed E-state index contributed by atoms with van der Waals surface area (Å²) in [5.74, 6) is 0.00726. The average molecular weight is 402 g/mol. The van der Waals surface area contributed by atoms with Crippen LogP contribution in [-0.2, 0) is 11.2 Å². The highest BCUT2D eigenvalue weighted by Gasteiger charge is 2.32. The number of ether oxygens (including phenoxy) is 1. The van der Waals surface area contributed by atoms with E-state index >= 15 is 0 Å². The zero-order valence-corrected chi connectivity index (χ0v) is 16.7. The van der Waals surface area contributed by atoms with Crippen molar-refractivity contribution in [1.82, 2.24) is 0 Å². The molecular weight excluding hydrogens is 379 g/mol. The van der Waals surface area contributed by atoms with Gasteiger partial charge in [-0.15, -0.1) is 0 Å². The molecule has 4 rings (SSSR count). The molecule has 0 fully saturated rings. The van der Waals surface area contributed by atoms with E-state index in [2.05, 4.69) is 24.3 Å². The molecule has 0 heterocycles. The Kier molecular flexibility index (Phi) is 5.66. The summed E-state index contributed by atoms with van der Waals surface area (Å²) in [7, 11) is 1.67. The van der Waals surface area contributed by atoms with E-state index < -0.39 is 5.97 Å². The molecule has 2 atom stereocenters. The van der Waals surface area contributed by atoms with Crippen LogP contribution in [0.15, 0.2) is 72.8 Å². The van der Waals surface area contributed by atoms with Gasteiger partial charge < -0.3 is 9.84 Å². The predicted molar refractivity (Wildman–Crippen MR) is 115 cm³/mol. The summed E-state index contributed by atoms with van der Waals surface area (Å²) in [6.45, 7) is 0. The van der Waals surface area contributed by atoms with Crippen LogP contribution in [0.1, 0.15) is 46.1 Å². The minimum Gasteiger partial charge on any atom is -0.497 e. The quantitative estimate of drug-likeness (QED) is 0.549. The van der Waals surface area contributed by atoms with Gasteiger partial charge in [-0.25, -0.2) is 9.18 Å². The van der Waals surface area contributed by atoms with Crippen molar-refractivity contribution in [3.05, 3.63) is 106 Å². The Labute approximate surface area is 175 Å². The van der Waals surface area contributed by atoms with Crippen LogP contribution in [0.2, 0.25) is 0 Å². The van der Waals surface area contributed by atoms with Gasteiger partial charge in [-0.3, -0.25) is 0 Å². The molecular formula is C26H23FO3. The van der Waals surface area contributed by atoms with E-state index in [0.29, 0.717) is 0 Å². The maximum absolute atomic E-state index is 13.5. The first-order valence-electron chi connectivity index (χ1n) is 9.98. The molecule has 0 bridgehead atoms. The first-order valence-corrected chi connectivity index (χ1v) is 9.98. The third-order valence-corrected chi connectivity index (χ3v) is 5.82. The standard InChI is InChI=1S/C26H23FO3/c1-30-22-12-14-24-20(16-22)9-13-23(18-7-10-21(27)11-8-18)26(24)19-5-2-17(3-6-19)4-15-25(28)29/h2-8,10-12,14-16,23,26H,9,13H2,1H3,(H,28,29). The van der Waals surface area contributed by atoms with Crippen LogP contribution < -0.4 is 4.74 Å². The number of hydrogen-bond donors (Lipinski definition) is 1. The minimum absolute atomic E-state index is 0.127. The summed E-state index contributed by atoms with van der Waals surface area (Å²) in [6.07, 6.45) is 4.61. The number of hydrogen-bond acceptors (Lipinski definition) is 2. The molecule has 4 heteroatoms. The zero-order chi connectivity index (χ0) is 21.1. The number of carbonyl (C=O) groups is 1. The number of rotatable bonds is 5. The molecule has 0 amide bonds. The summed E-state index contributed by atoms with van der Waals surface area (Å²) in [4.78, 5) is 10.8. The first kappa shape index (κ1) is 19.9. The normalized spacial score (nSPS) is 18.2. The van der Waals surface area contributed by atoms with Gasteiger partial charge in [0.05, 0.1) is 7.11 Å². The number of aryl methyl sites for hydroxylation is 1. The van der Waals surface area contributed by atoms with E-state index in [1.807, 2.05) is 30.3 Å². The van der Waals surface area contributed by atoms with Gasteiger partial charge in [-0.2, -0.15) is 0 Å². The summed E-state index contributed by atoms with van der Waals surface area (Å²) in [5, 5.41) is 8.84. The van der Waals surface area contributed by atoms with Gasteiger partial charge in [0.2, 0.25) is 0 Å². The second kappa shape index (κ2) is 8.54. The smallest absolute Gasteiger partial charge is 0.328 e. The molecule has 3 nitrogen and oxygen atoms in total. The minimum atomic E-state index is -0.967. The Morgan fingerprint density at radius 3 is 2.40 bits per heavy atom. The van der Waals surface area contributed by atoms with Gasteiger partial charge in [0, 0.05) is 12.0 Å². The van der Waals surface area contributed by atoms with E-state index in [9.17, 15) is 9.18 Å². The van der Waals surface area contributed by atoms with Gasteiger partial charge in [0.1, 0.15) is 11.6 Å². The molecule has 1 N–H and O–H groups in total. The number of benzene rings is 3. The van der Waals surface area contributed by atoms with Crippen LogP contribution in [0.25, 0.3) is 6.08 Å². The number of carboxylic acid groups (broad SMARTS) is 1. The largest absolute Gasteiger partial charge is 0.497 e. The monoisotopic (exact) mass is 402 g/mol. The Balaban J connectivity index is 1.76. The van der Waals surface area contributed by atoms with Crippen LogP contribution in [-0.4, -0.2) is 18.2 Å². The van der Waals surface area contributed by atoms with Crippen molar-refractivity contribution in [3.8, 4) is 5.75 Å². The molecule has 3 aromatic carbocycles. The van der Waals surface area contributed by atoms with Crippen molar-refractivity contribution < 1.29 is 19.0 Å². The molecule has 0 spiro atoms. The molecule has 0 radical (unpaired) electrons. The molecule has 0 aliphatic heterocycles. The van der Waals surface area contributed by atoms with Gasteiger partial charge >= 0.3 is 5.97 Å². The lowest BCUT2D eigenvalue weighted by Crippen LogP contribution is -2.20. The van der Waals surface area contributed by atoms with E-state index in [4.69, 9.17) is 9.84 Å². The summed E-state index contributed by atoms with van der Waals surface area (Å²) in [6, 6.07) is 21.0. The van der Waals surface area contributed by atoms with Crippen LogP contribution in [0.4, 0.5) is 4.39 Å². The maximum atomic E-state index is 13.5. The molecule has 3 aromatic rings. The molecule has 152 valence electrons. The highest BCUT2D eigenvalue weighted by Crippen LogP contribution is 2.47. The lowest BCUT2D eigenvalue weighted by Gasteiger charge is -2.35. The van der Waals surface area contributed by atoms with E-state index in [1.165, 1.54) is 23.3 Å². The molecule has 1 aliphatic rings. The lowest BCUT2D eigenvalue weighted by molar-refractivity contribution is -0.131. The summed E-state index contributed by atoms with van der Waals surface area (Å²) >= 11 is 0. The van der Waals surface area contributed by atoms with Crippen molar-refractivity contribution in [3.63, 3.8) is 0 Å². The van der Waals surface area contributed by atoms with Gasteiger partial charge in [0.15, 0.2) is 0 Å². The predicted octanol–water partition coefficient (Wildman–Crippen LogP) is 5.79. The zero-order valence-electron chi connectivity index (χ0n) is 16.7. The first-order chi connectivity index (χ1) is 14.5. The van der Waals surface area contributed by atoms with Crippen molar-refractivity contribution in [2.75, 3.05) is 7.11 Å². The second-order valence-electron chi connectivity index (χ2n) is 7.58. The highest BCUT2D eigenvalue weighted by molar-refractivity contribution is 5.85. The molecule has 30 heavy (non-hydrogen) atoms. The van der Waals surface area contributed by atoms with Crippen molar-refractivity contribution in [2.45, 2.75) is 24.7 Å². The Bertz CT molecular complexity index is 1070. The Hall–Kier alpha value is -3.40. The lowest BCUT2D eigenvalue weighted by atomic mass is 9.69. The molecule has 0 saturated carbocycles. The Morgan fingerprint density at radius 1 is 1.03 bits per heavy atom. The second-order valence-corrected chi connectivity index (χ2v) is 7.58. The highest BCUT2D eigenvalue weighted by atomic mass is 19.1. The van der Waals surface area contributed by atoms with E-state index in [-0.39, 0.29) is 17.7 Å². The van der Waals surface area contributed by atoms with Crippen molar-refractivity contribution >= 4 is 12.0 Å². The fourth-order valence-electron chi connectivity index (χ4n) is 4.39. The van der Waals surface area contributed by atoms with Crippen LogP contribution >= 0.6 is 0 Å². The molecule has 0 saturated heterocycles. The Morgan fingerprint density at radius 2 is 1.73 bits per heavy atom. The number of fused-ring (bicyclic) bond motifs is 1. The average Bonchev–Trinajstić information content (AvgIpc) is 2.77. The number of carboxylic acids is 1. The van der Waals surface area contributed by atoms with Crippen LogP contribution in [0, 0.1) is 5.82 Å². The topological polar surface area (TPSA) is 46.5 Å². The third-order valence-electron chi connectivity index (χ3n) is 5.82. The number of aliphatic carboxylic acids is 1. The number of methoxy groups -OCH3 is 1. The number of halogens is 1. The molecule has 0 aromatic heterocycles.